The van der Waals surface area contributed by atoms with Gasteiger partial charge in [-0.25, -0.2) is 19.7 Å². The number of benzene rings is 2. The number of ether oxygens (including phenoxy) is 1. The molecule has 4 N–H and O–H groups in total. The van der Waals surface area contributed by atoms with Gasteiger partial charge in [0.1, 0.15) is 17.2 Å². The zero-order valence-electron chi connectivity index (χ0n) is 20.5. The van der Waals surface area contributed by atoms with Crippen LogP contribution in [0.25, 0.3) is 27.7 Å². The highest BCUT2D eigenvalue weighted by molar-refractivity contribution is 5.95. The van der Waals surface area contributed by atoms with Gasteiger partial charge < -0.3 is 20.9 Å². The maximum absolute atomic E-state index is 14.2. The first-order chi connectivity index (χ1) is 18.4. The van der Waals surface area contributed by atoms with E-state index in [4.69, 9.17) is 15.5 Å². The number of hydrogen-bond donors (Lipinski definition) is 3. The third-order valence-corrected chi connectivity index (χ3v) is 5.97. The first kappa shape index (κ1) is 24.4. The highest BCUT2D eigenvalue weighted by Crippen LogP contribution is 2.29. The number of aromatic carboxylic acids is 1. The summed E-state index contributed by atoms with van der Waals surface area (Å²) in [7, 11) is 1.53. The van der Waals surface area contributed by atoms with Crippen LogP contribution in [0.3, 0.4) is 0 Å². The number of pyridine rings is 1. The topological polar surface area (TPSA) is 158 Å². The molecule has 5 aromatic rings. The van der Waals surface area contributed by atoms with Crippen molar-refractivity contribution in [2.75, 3.05) is 18.2 Å². The van der Waals surface area contributed by atoms with Crippen LogP contribution in [-0.4, -0.2) is 42.7 Å². The van der Waals surface area contributed by atoms with Gasteiger partial charge in [-0.1, -0.05) is 30.3 Å². The summed E-state index contributed by atoms with van der Waals surface area (Å²) in [5.74, 6) is -0.516. The summed E-state index contributed by atoms with van der Waals surface area (Å²) in [4.78, 5) is 42.8. The van der Waals surface area contributed by atoms with Crippen molar-refractivity contribution in [1.29, 1.82) is 0 Å². The molecule has 2 aromatic carbocycles. The molecular formula is C27H23N7O4. The molecule has 0 aliphatic heterocycles. The second-order valence-corrected chi connectivity index (χ2v) is 8.39. The van der Waals surface area contributed by atoms with Crippen molar-refractivity contribution in [2.24, 2.45) is 0 Å². The molecule has 11 heteroatoms. The minimum absolute atomic E-state index is 0.0177. The van der Waals surface area contributed by atoms with E-state index in [1.54, 1.807) is 43.5 Å². The Bertz CT molecular complexity index is 1720. The number of methoxy groups -OCH3 is 1. The number of para-hydroxylation sites is 1. The highest BCUT2D eigenvalue weighted by Gasteiger charge is 2.22. The van der Waals surface area contributed by atoms with Crippen molar-refractivity contribution in [3.05, 3.63) is 94.8 Å². The highest BCUT2D eigenvalue weighted by atomic mass is 16.5. The van der Waals surface area contributed by atoms with Crippen molar-refractivity contribution >= 4 is 28.6 Å². The van der Waals surface area contributed by atoms with E-state index in [1.807, 2.05) is 30.3 Å². The number of carboxylic acid groups (broad SMARTS) is 1. The molecule has 0 radical (unpaired) electrons. The lowest BCUT2D eigenvalue weighted by atomic mass is 10.0. The molecule has 1 atom stereocenters. The molecule has 0 spiro atoms. The summed E-state index contributed by atoms with van der Waals surface area (Å²) in [6.07, 6.45) is 2.75. The Morgan fingerprint density at radius 1 is 1.08 bits per heavy atom. The van der Waals surface area contributed by atoms with Crippen molar-refractivity contribution in [3.8, 4) is 22.7 Å². The molecule has 0 unspecified atom stereocenters. The fourth-order valence-corrected chi connectivity index (χ4v) is 4.23. The van der Waals surface area contributed by atoms with Gasteiger partial charge in [0.2, 0.25) is 11.8 Å². The molecule has 0 saturated heterocycles. The Labute approximate surface area is 216 Å². The summed E-state index contributed by atoms with van der Waals surface area (Å²) >= 11 is 0. The predicted octanol–water partition coefficient (Wildman–Crippen LogP) is 3.70. The van der Waals surface area contributed by atoms with Gasteiger partial charge in [0, 0.05) is 18.5 Å². The Morgan fingerprint density at radius 2 is 1.87 bits per heavy atom. The van der Waals surface area contributed by atoms with Gasteiger partial charge >= 0.3 is 5.97 Å². The van der Waals surface area contributed by atoms with Gasteiger partial charge in [-0.3, -0.25) is 9.36 Å². The lowest BCUT2D eigenvalue weighted by Gasteiger charge is -2.21. The van der Waals surface area contributed by atoms with Gasteiger partial charge in [0.15, 0.2) is 0 Å². The first-order valence-electron chi connectivity index (χ1n) is 11.6. The minimum Gasteiger partial charge on any atom is -0.481 e. The standard InChI is InChI=1S/C27H23N7O4/c1-15(31-23-19(26(36)37)14-30-27(28)33-23)24-32-20-10-6-9-18(16-11-12-29-21(13-16)38-2)22(20)25(35)34(24)17-7-4-3-5-8-17/h3-15H,1-2H3,(H,36,37)(H3,28,30,31,33)/t15-/m1/s1. The Balaban J connectivity index is 1.74. The number of anilines is 2. The third-order valence-electron chi connectivity index (χ3n) is 5.97. The molecule has 5 rings (SSSR count). The van der Waals surface area contributed by atoms with Gasteiger partial charge in [0.25, 0.3) is 5.56 Å². The molecule has 0 aliphatic rings. The summed E-state index contributed by atoms with van der Waals surface area (Å²) in [5.41, 5.74) is 7.76. The molecule has 3 aromatic heterocycles. The molecule has 0 bridgehead atoms. The Morgan fingerprint density at radius 3 is 2.61 bits per heavy atom. The SMILES string of the molecule is COc1cc(-c2cccc3nc([C@@H](C)Nc4nc(N)ncc4C(=O)O)n(-c4ccccc4)c(=O)c23)ccn1. The van der Waals surface area contributed by atoms with Crippen LogP contribution < -0.4 is 21.3 Å². The zero-order valence-corrected chi connectivity index (χ0v) is 20.5. The van der Waals surface area contributed by atoms with E-state index in [2.05, 4.69) is 20.3 Å². The van der Waals surface area contributed by atoms with E-state index >= 15 is 0 Å². The van der Waals surface area contributed by atoms with Crippen LogP contribution in [0.5, 0.6) is 5.88 Å². The number of rotatable bonds is 7. The molecular weight excluding hydrogens is 486 g/mol. The Kier molecular flexibility index (Phi) is 6.40. The molecule has 38 heavy (non-hydrogen) atoms. The number of hydrogen-bond acceptors (Lipinski definition) is 9. The predicted molar refractivity (Wildman–Crippen MR) is 143 cm³/mol. The normalized spacial score (nSPS) is 11.7. The van der Waals surface area contributed by atoms with Crippen molar-refractivity contribution in [3.63, 3.8) is 0 Å². The van der Waals surface area contributed by atoms with E-state index < -0.39 is 12.0 Å². The number of nitrogens with two attached hydrogens (primary N) is 1. The van der Waals surface area contributed by atoms with Crippen LogP contribution in [0, 0.1) is 0 Å². The first-order valence-corrected chi connectivity index (χ1v) is 11.6. The minimum atomic E-state index is -1.22. The number of carboxylic acids is 1. The van der Waals surface area contributed by atoms with E-state index in [9.17, 15) is 14.7 Å². The average molecular weight is 510 g/mol. The third kappa shape index (κ3) is 4.48. The molecule has 11 nitrogen and oxygen atoms in total. The maximum atomic E-state index is 14.2. The number of nitrogens with zero attached hydrogens (tertiary/aromatic N) is 5. The van der Waals surface area contributed by atoms with Gasteiger partial charge in [-0.15, -0.1) is 0 Å². The molecule has 3 heterocycles. The molecule has 0 aliphatic carbocycles. The van der Waals surface area contributed by atoms with Gasteiger partial charge in [0.05, 0.1) is 29.7 Å². The lowest BCUT2D eigenvalue weighted by Crippen LogP contribution is -2.28. The summed E-state index contributed by atoms with van der Waals surface area (Å²) in [5, 5.41) is 13.1. The van der Waals surface area contributed by atoms with Gasteiger partial charge in [-0.05, 0) is 42.3 Å². The van der Waals surface area contributed by atoms with E-state index in [0.29, 0.717) is 33.9 Å². The van der Waals surface area contributed by atoms with Crippen molar-refractivity contribution in [1.82, 2.24) is 24.5 Å². The maximum Gasteiger partial charge on any atom is 0.341 e. The lowest BCUT2D eigenvalue weighted by molar-refractivity contribution is 0.0697. The van der Waals surface area contributed by atoms with Crippen LogP contribution >= 0.6 is 0 Å². The van der Waals surface area contributed by atoms with E-state index in [1.165, 1.54) is 11.7 Å². The molecule has 0 amide bonds. The number of nitrogen functional groups attached to an aromatic ring is 1. The number of carbonyl (C=O) groups is 1. The second kappa shape index (κ2) is 9.97. The van der Waals surface area contributed by atoms with Crippen molar-refractivity contribution < 1.29 is 14.6 Å². The smallest absolute Gasteiger partial charge is 0.341 e. The van der Waals surface area contributed by atoms with Crippen LogP contribution in [-0.2, 0) is 0 Å². The average Bonchev–Trinajstić information content (AvgIpc) is 2.93. The van der Waals surface area contributed by atoms with Crippen LogP contribution in [0.15, 0.2) is 77.9 Å². The van der Waals surface area contributed by atoms with Gasteiger partial charge in [-0.2, -0.15) is 4.98 Å². The monoisotopic (exact) mass is 509 g/mol. The summed E-state index contributed by atoms with van der Waals surface area (Å²) < 4.78 is 6.78. The summed E-state index contributed by atoms with van der Waals surface area (Å²) in [6.45, 7) is 1.76. The second-order valence-electron chi connectivity index (χ2n) is 8.39. The van der Waals surface area contributed by atoms with E-state index in [-0.39, 0.29) is 22.9 Å². The van der Waals surface area contributed by atoms with Crippen molar-refractivity contribution in [2.45, 2.75) is 13.0 Å². The zero-order chi connectivity index (χ0) is 26.8. The quantitative estimate of drug-likeness (QED) is 0.295. The number of fused-ring (bicyclic) bond motifs is 1. The Hall–Kier alpha value is -5.32. The van der Waals surface area contributed by atoms with Crippen LogP contribution in [0.2, 0.25) is 0 Å². The van der Waals surface area contributed by atoms with Crippen LogP contribution in [0.4, 0.5) is 11.8 Å². The summed E-state index contributed by atoms with van der Waals surface area (Å²) in [6, 6.07) is 17.4. The molecule has 0 fully saturated rings. The fourth-order valence-electron chi connectivity index (χ4n) is 4.23. The molecule has 190 valence electrons. The number of aromatic nitrogens is 5. The molecule has 0 saturated carbocycles. The largest absolute Gasteiger partial charge is 0.481 e. The fraction of sp³-hybridized carbons (Fsp3) is 0.111. The number of nitrogens with one attached hydrogen (secondary N) is 1. The van der Waals surface area contributed by atoms with Crippen LogP contribution in [0.1, 0.15) is 29.1 Å². The van der Waals surface area contributed by atoms with E-state index in [0.717, 1.165) is 11.8 Å².